The number of phenolic OH excluding ortho intramolecular Hbond substituents is 1. The minimum atomic E-state index is -4.54. The third-order valence-electron chi connectivity index (χ3n) is 6.38. The number of sulfone groups is 1. The lowest BCUT2D eigenvalue weighted by Crippen LogP contribution is -2.61. The van der Waals surface area contributed by atoms with Crippen molar-refractivity contribution in [1.29, 1.82) is 0 Å². The van der Waals surface area contributed by atoms with Crippen LogP contribution in [-0.2, 0) is 14.6 Å². The van der Waals surface area contributed by atoms with Crippen LogP contribution >= 0.6 is 0 Å². The van der Waals surface area contributed by atoms with Gasteiger partial charge in [0.25, 0.3) is 5.91 Å². The van der Waals surface area contributed by atoms with Crippen molar-refractivity contribution in [2.75, 3.05) is 29.9 Å². The number of benzene rings is 2. The maximum Gasteiger partial charge on any atom is 0.341 e. The number of nitrogens with zero attached hydrogens (tertiary/aromatic N) is 3. The molecule has 2 heterocycles. The largest absolute Gasteiger partial charge is 0.506 e. The monoisotopic (exact) mass is 540 g/mol. The molecule has 1 aliphatic heterocycles. The van der Waals surface area contributed by atoms with Gasteiger partial charge in [-0.25, -0.2) is 23.2 Å². The van der Waals surface area contributed by atoms with Crippen LogP contribution in [0.3, 0.4) is 0 Å². The first-order valence-electron chi connectivity index (χ1n) is 11.8. The number of carboxylic acid groups (broad SMARTS) is 1. The molecule has 13 heteroatoms. The van der Waals surface area contributed by atoms with Crippen molar-refractivity contribution in [1.82, 2.24) is 15.3 Å². The number of amides is 1. The first-order valence-corrected chi connectivity index (χ1v) is 13.3. The number of piperidine rings is 1. The number of aliphatic carboxylic acids is 1. The van der Waals surface area contributed by atoms with E-state index in [9.17, 15) is 28.2 Å². The van der Waals surface area contributed by atoms with Gasteiger partial charge >= 0.3 is 5.97 Å². The topological polar surface area (TPSA) is 188 Å². The summed E-state index contributed by atoms with van der Waals surface area (Å²) >= 11 is 0. The number of phenols is 1. The lowest BCUT2D eigenvalue weighted by atomic mass is 10.0. The molecule has 6 N–H and O–H groups in total. The van der Waals surface area contributed by atoms with Crippen LogP contribution in [-0.4, -0.2) is 71.0 Å². The van der Waals surface area contributed by atoms with Crippen molar-refractivity contribution in [3.05, 3.63) is 72.6 Å². The molecule has 1 unspecified atom stereocenters. The highest BCUT2D eigenvalue weighted by molar-refractivity contribution is 7.93. The fourth-order valence-corrected chi connectivity index (χ4v) is 5.59. The van der Waals surface area contributed by atoms with Crippen LogP contribution in [0.25, 0.3) is 0 Å². The Morgan fingerprint density at radius 2 is 1.71 bits per heavy atom. The molecule has 1 aliphatic rings. The third kappa shape index (κ3) is 5.53. The van der Waals surface area contributed by atoms with Crippen LogP contribution < -0.4 is 21.3 Å². The summed E-state index contributed by atoms with van der Waals surface area (Å²) in [5.41, 5.74) is 6.38. The Hall–Kier alpha value is -4.23. The van der Waals surface area contributed by atoms with Crippen molar-refractivity contribution >= 4 is 33.3 Å². The van der Waals surface area contributed by atoms with E-state index in [1.807, 2.05) is 4.90 Å². The molecule has 1 fully saturated rings. The van der Waals surface area contributed by atoms with E-state index >= 15 is 0 Å². The molecule has 0 aliphatic carbocycles. The summed E-state index contributed by atoms with van der Waals surface area (Å²) in [6, 6.07) is 13.1. The van der Waals surface area contributed by atoms with Gasteiger partial charge in [-0.2, -0.15) is 0 Å². The average Bonchev–Trinajstić information content (AvgIpc) is 2.93. The van der Waals surface area contributed by atoms with E-state index in [0.717, 1.165) is 12.8 Å². The molecule has 0 spiro atoms. The summed E-state index contributed by atoms with van der Waals surface area (Å²) in [5.74, 6) is -2.16. The van der Waals surface area contributed by atoms with E-state index in [1.165, 1.54) is 36.4 Å². The highest BCUT2D eigenvalue weighted by atomic mass is 32.2. The highest BCUT2D eigenvalue weighted by Crippen LogP contribution is 2.31. The number of anilines is 2. The minimum absolute atomic E-state index is 0.0221. The molecule has 2 aromatic carbocycles. The second kappa shape index (κ2) is 11.0. The Labute approximate surface area is 219 Å². The SMILES string of the molecule is NC(CNC(=O)c1ccc(N2CCC(Nc3ncccn3)CC2)c(O)c1)(C(=O)O)S(=O)(=O)c1ccccc1. The van der Waals surface area contributed by atoms with Crippen LogP contribution in [0.1, 0.15) is 23.2 Å². The summed E-state index contributed by atoms with van der Waals surface area (Å²) < 4.78 is 25.9. The van der Waals surface area contributed by atoms with Crippen molar-refractivity contribution in [2.24, 2.45) is 5.73 Å². The first-order chi connectivity index (χ1) is 18.1. The third-order valence-corrected chi connectivity index (χ3v) is 8.55. The van der Waals surface area contributed by atoms with Crippen LogP contribution in [0.2, 0.25) is 0 Å². The molecule has 200 valence electrons. The summed E-state index contributed by atoms with van der Waals surface area (Å²) in [6.45, 7) is 0.414. The lowest BCUT2D eigenvalue weighted by Gasteiger charge is -2.34. The van der Waals surface area contributed by atoms with Crippen molar-refractivity contribution < 1.29 is 28.2 Å². The van der Waals surface area contributed by atoms with Gasteiger partial charge in [0.1, 0.15) is 5.75 Å². The first kappa shape index (κ1) is 26.8. The number of aromatic hydroxyl groups is 1. The van der Waals surface area contributed by atoms with Crippen LogP contribution in [0.15, 0.2) is 71.9 Å². The normalized spacial score (nSPS) is 15.9. The molecule has 1 aromatic heterocycles. The fraction of sp³-hybridized carbons (Fsp3) is 0.280. The molecular formula is C25H28N6O6S. The van der Waals surface area contributed by atoms with Crippen LogP contribution in [0, 0.1) is 0 Å². The van der Waals surface area contributed by atoms with Crippen molar-refractivity contribution in [3.8, 4) is 5.75 Å². The van der Waals surface area contributed by atoms with Gasteiger partial charge in [0.15, 0.2) is 0 Å². The number of hydrogen-bond acceptors (Lipinski definition) is 10. The predicted molar refractivity (Wildman–Crippen MR) is 140 cm³/mol. The van der Waals surface area contributed by atoms with Crippen LogP contribution in [0.5, 0.6) is 5.75 Å². The second-order valence-electron chi connectivity index (χ2n) is 8.88. The average molecular weight is 541 g/mol. The summed E-state index contributed by atoms with van der Waals surface area (Å²) in [5, 5.41) is 25.8. The van der Waals surface area contributed by atoms with Gasteiger partial charge in [0, 0.05) is 37.1 Å². The predicted octanol–water partition coefficient (Wildman–Crippen LogP) is 1.21. The van der Waals surface area contributed by atoms with E-state index in [4.69, 9.17) is 5.73 Å². The number of rotatable bonds is 9. The zero-order chi connectivity index (χ0) is 27.3. The van der Waals surface area contributed by atoms with Gasteiger partial charge in [-0.15, -0.1) is 0 Å². The van der Waals surface area contributed by atoms with Gasteiger partial charge in [0.05, 0.1) is 17.1 Å². The van der Waals surface area contributed by atoms with Gasteiger partial charge in [0.2, 0.25) is 20.7 Å². The van der Waals surface area contributed by atoms with Gasteiger partial charge < -0.3 is 31.5 Å². The number of carbonyl (C=O) groups excluding carboxylic acids is 1. The highest BCUT2D eigenvalue weighted by Gasteiger charge is 2.49. The van der Waals surface area contributed by atoms with E-state index < -0.39 is 33.1 Å². The van der Waals surface area contributed by atoms with Gasteiger partial charge in [-0.1, -0.05) is 18.2 Å². The number of hydrogen-bond donors (Lipinski definition) is 5. The summed E-state index contributed by atoms with van der Waals surface area (Å²) in [4.78, 5) is 31.9. The Kier molecular flexibility index (Phi) is 7.78. The van der Waals surface area contributed by atoms with Crippen molar-refractivity contribution in [2.45, 2.75) is 28.6 Å². The maximum absolute atomic E-state index is 12.9. The van der Waals surface area contributed by atoms with Gasteiger partial charge in [-0.3, -0.25) is 4.79 Å². The Morgan fingerprint density at radius 1 is 1.05 bits per heavy atom. The molecule has 1 saturated heterocycles. The second-order valence-corrected chi connectivity index (χ2v) is 11.1. The zero-order valence-corrected chi connectivity index (χ0v) is 21.1. The minimum Gasteiger partial charge on any atom is -0.506 e. The molecule has 4 rings (SSSR count). The molecule has 3 aromatic rings. The Bertz CT molecular complexity index is 1400. The van der Waals surface area contributed by atoms with E-state index in [0.29, 0.717) is 24.7 Å². The number of nitrogens with one attached hydrogen (secondary N) is 2. The summed E-state index contributed by atoms with van der Waals surface area (Å²) in [6.07, 6.45) is 4.89. The number of nitrogens with two attached hydrogens (primary N) is 1. The maximum atomic E-state index is 12.9. The molecule has 0 saturated carbocycles. The Balaban J connectivity index is 1.40. The molecule has 1 atom stereocenters. The molecule has 38 heavy (non-hydrogen) atoms. The summed E-state index contributed by atoms with van der Waals surface area (Å²) in [7, 11) is -4.54. The molecule has 0 bridgehead atoms. The lowest BCUT2D eigenvalue weighted by molar-refractivity contribution is -0.139. The van der Waals surface area contributed by atoms with E-state index in [1.54, 1.807) is 30.6 Å². The van der Waals surface area contributed by atoms with Gasteiger partial charge in [-0.05, 0) is 49.2 Å². The standard InChI is InChI=1S/C25H28N6O6S/c26-25(23(34)35,38(36,37)19-5-2-1-3-6-19)16-29-22(33)17-7-8-20(21(32)15-17)31-13-9-18(10-14-31)30-24-27-11-4-12-28-24/h1-8,11-12,15,18,32H,9-10,13-14,16,26H2,(H,29,33)(H,34,35)(H,27,28,30). The fourth-order valence-electron chi connectivity index (χ4n) is 4.16. The quantitative estimate of drug-likeness (QED) is 0.262. The van der Waals surface area contributed by atoms with Crippen LogP contribution in [0.4, 0.5) is 11.6 Å². The number of carboxylic acids is 1. The zero-order valence-electron chi connectivity index (χ0n) is 20.3. The molecule has 12 nitrogen and oxygen atoms in total. The van der Waals surface area contributed by atoms with E-state index in [2.05, 4.69) is 20.6 Å². The Morgan fingerprint density at radius 3 is 2.32 bits per heavy atom. The van der Waals surface area contributed by atoms with Crippen molar-refractivity contribution in [3.63, 3.8) is 0 Å². The molecular weight excluding hydrogens is 512 g/mol. The molecule has 0 radical (unpaired) electrons. The number of aromatic nitrogens is 2. The molecule has 1 amide bonds. The number of carbonyl (C=O) groups is 2. The smallest absolute Gasteiger partial charge is 0.341 e. The van der Waals surface area contributed by atoms with E-state index in [-0.39, 0.29) is 22.3 Å².